The van der Waals surface area contributed by atoms with Crippen molar-refractivity contribution in [3.05, 3.63) is 95.2 Å². The summed E-state index contributed by atoms with van der Waals surface area (Å²) in [5, 5.41) is 22.5. The van der Waals surface area contributed by atoms with Gasteiger partial charge in [0.25, 0.3) is 5.91 Å². The van der Waals surface area contributed by atoms with Gasteiger partial charge < -0.3 is 30.1 Å². The highest BCUT2D eigenvalue weighted by atomic mass is 19.1. The zero-order chi connectivity index (χ0) is 42.4. The van der Waals surface area contributed by atoms with Crippen molar-refractivity contribution in [3.63, 3.8) is 0 Å². The number of halogens is 1. The highest BCUT2D eigenvalue weighted by Crippen LogP contribution is 2.39. The fourth-order valence-electron chi connectivity index (χ4n) is 10.1. The number of urea groups is 1. The number of nitrogens with one attached hydrogen (secondary N) is 1. The third kappa shape index (κ3) is 8.13. The summed E-state index contributed by atoms with van der Waals surface area (Å²) in [5.74, 6) is 0.775. The molecule has 4 amide bonds. The number of amides is 4. The van der Waals surface area contributed by atoms with Crippen molar-refractivity contribution in [2.45, 2.75) is 69.4 Å². The van der Waals surface area contributed by atoms with E-state index in [1.54, 1.807) is 17.0 Å². The molecule has 4 fully saturated rings. The minimum atomic E-state index is -1.34. The number of nitrogen functional groups attached to an aromatic ring is 1. The van der Waals surface area contributed by atoms with E-state index in [4.69, 9.17) is 5.73 Å². The van der Waals surface area contributed by atoms with Gasteiger partial charge in [0.15, 0.2) is 5.82 Å². The zero-order valence-corrected chi connectivity index (χ0v) is 34.9. The monoisotopic (exact) mass is 827 g/mol. The maximum Gasteiger partial charge on any atom is 0.328 e. The summed E-state index contributed by atoms with van der Waals surface area (Å²) in [6, 6.07) is 20.6. The van der Waals surface area contributed by atoms with E-state index in [1.807, 2.05) is 54.4 Å². The number of phenolic OH excluding ortho intramolecular Hbond substituents is 1. The average Bonchev–Trinajstić information content (AvgIpc) is 3.59. The molecule has 6 heterocycles. The number of carbonyl (C=O) groups excluding carboxylic acids is 3. The molecule has 61 heavy (non-hydrogen) atoms. The topological polar surface area (TPSA) is 153 Å². The number of rotatable bonds is 8. The third-order valence-electron chi connectivity index (χ3n) is 13.6. The van der Waals surface area contributed by atoms with Crippen LogP contribution in [0.1, 0.15) is 83.8 Å². The highest BCUT2D eigenvalue weighted by molar-refractivity contribution is 6.06. The molecule has 4 aliphatic heterocycles. The predicted octanol–water partition coefficient (Wildman–Crippen LogP) is 6.89. The Bertz CT molecular complexity index is 2490. The van der Waals surface area contributed by atoms with Crippen molar-refractivity contribution < 1.29 is 23.9 Å². The number of likely N-dealkylation sites (tertiary alicyclic amines) is 2. The van der Waals surface area contributed by atoms with Crippen molar-refractivity contribution in [2.75, 3.05) is 67.9 Å². The van der Waals surface area contributed by atoms with Crippen LogP contribution in [0, 0.1) is 6.92 Å². The van der Waals surface area contributed by atoms with E-state index in [2.05, 4.69) is 55.1 Å². The van der Waals surface area contributed by atoms with E-state index < -0.39 is 5.67 Å². The lowest BCUT2D eigenvalue weighted by molar-refractivity contribution is -0.120. The number of piperidine rings is 3. The lowest BCUT2D eigenvalue weighted by Gasteiger charge is -2.41. The zero-order valence-electron chi connectivity index (χ0n) is 34.9. The van der Waals surface area contributed by atoms with Crippen LogP contribution in [0.5, 0.6) is 5.75 Å². The molecule has 2 aromatic heterocycles. The SMILES string of the molecule is Cc1cc(C(=O)N2CCC(F)(CN3CCC(c4cn(C)c5cc(N6CCC(=O)NC6=O)ccc45)CC3)CC2)ccc1[C@H]1CCCN(c2cc(-c3ccccc3O)nnc2N)C1. The van der Waals surface area contributed by atoms with Crippen LogP contribution in [-0.4, -0.2) is 106 Å². The smallest absolute Gasteiger partial charge is 0.328 e. The van der Waals surface area contributed by atoms with Crippen LogP contribution in [0.15, 0.2) is 72.9 Å². The molecule has 3 aromatic carbocycles. The Morgan fingerprint density at radius 2 is 1.70 bits per heavy atom. The van der Waals surface area contributed by atoms with Gasteiger partial charge in [0.2, 0.25) is 5.91 Å². The molecule has 9 rings (SSSR count). The predicted molar refractivity (Wildman–Crippen MR) is 235 cm³/mol. The lowest BCUT2D eigenvalue weighted by Crippen LogP contribution is -2.51. The average molecular weight is 828 g/mol. The van der Waals surface area contributed by atoms with Gasteiger partial charge in [-0.25, -0.2) is 9.18 Å². The first-order chi connectivity index (χ1) is 29.4. The quantitative estimate of drug-likeness (QED) is 0.152. The summed E-state index contributed by atoms with van der Waals surface area (Å²) in [4.78, 5) is 45.8. The number of nitrogens with zero attached hydrogens (tertiary/aromatic N) is 7. The highest BCUT2D eigenvalue weighted by Gasteiger charge is 2.39. The Kier molecular flexibility index (Phi) is 10.9. The molecule has 0 aliphatic carbocycles. The summed E-state index contributed by atoms with van der Waals surface area (Å²) in [5.41, 5.74) is 13.0. The second-order valence-electron chi connectivity index (χ2n) is 17.5. The van der Waals surface area contributed by atoms with Crippen LogP contribution in [0.3, 0.4) is 0 Å². The molecule has 0 bridgehead atoms. The normalized spacial score (nSPS) is 20.3. The number of aryl methyl sites for hydroxylation is 2. The first-order valence-electron chi connectivity index (χ1n) is 21.6. The van der Waals surface area contributed by atoms with Gasteiger partial charge in [-0.05, 0) is 111 Å². The Labute approximate surface area is 355 Å². The maximum atomic E-state index is 16.4. The third-order valence-corrected chi connectivity index (χ3v) is 13.6. The molecule has 13 nitrogen and oxygen atoms in total. The first-order valence-corrected chi connectivity index (χ1v) is 21.6. The number of carbonyl (C=O) groups is 3. The van der Waals surface area contributed by atoms with Crippen molar-refractivity contribution in [1.29, 1.82) is 0 Å². The summed E-state index contributed by atoms with van der Waals surface area (Å²) in [6.45, 7) is 6.77. The van der Waals surface area contributed by atoms with Crippen molar-refractivity contribution in [2.24, 2.45) is 7.05 Å². The number of alkyl halides is 1. The van der Waals surface area contributed by atoms with Gasteiger partial charge in [0, 0.05) is 99.9 Å². The van der Waals surface area contributed by atoms with E-state index in [0.29, 0.717) is 67.6 Å². The maximum absolute atomic E-state index is 16.4. The van der Waals surface area contributed by atoms with Gasteiger partial charge >= 0.3 is 6.03 Å². The second kappa shape index (κ2) is 16.4. The number of fused-ring (bicyclic) bond motifs is 1. The Morgan fingerprint density at radius 3 is 2.46 bits per heavy atom. The number of benzene rings is 3. The lowest BCUT2D eigenvalue weighted by atomic mass is 9.86. The number of aromatic nitrogens is 3. The first kappa shape index (κ1) is 40.4. The van der Waals surface area contributed by atoms with Crippen LogP contribution in [0.25, 0.3) is 22.2 Å². The minimum absolute atomic E-state index is 0.0494. The van der Waals surface area contributed by atoms with Gasteiger partial charge in [0.05, 0.1) is 16.9 Å². The number of phenols is 1. The molecule has 318 valence electrons. The summed E-state index contributed by atoms with van der Waals surface area (Å²) < 4.78 is 18.5. The number of nitrogens with two attached hydrogens (primary N) is 1. The van der Waals surface area contributed by atoms with E-state index in [1.165, 1.54) is 11.1 Å². The number of hydrogen-bond donors (Lipinski definition) is 3. The van der Waals surface area contributed by atoms with Crippen LogP contribution >= 0.6 is 0 Å². The van der Waals surface area contributed by atoms with Crippen LogP contribution in [0.2, 0.25) is 0 Å². The summed E-state index contributed by atoms with van der Waals surface area (Å²) >= 11 is 0. The molecule has 4 aliphatic rings. The molecule has 0 radical (unpaired) electrons. The fraction of sp³-hybridized carbons (Fsp3) is 0.426. The standard InChI is InChI=1S/C47H54FN9O4/c1-30-24-32(9-11-35(30)33-6-5-18-56(27-33)41-26-39(51-52-44(41)49)37-7-3-4-8-42(37)58)45(60)55-22-16-47(48,17-23-55)29-54-19-13-31(14-20-54)38-28-53(2)40-25-34(10-12-36(38)40)57-21-15-43(59)50-46(57)61/h3-4,7-12,24-26,28,31,33,58H,5-6,13-23,27,29H2,1-2H3,(H2,49,52)(H,50,59,61)/t33-/m0/s1. The molecule has 1 atom stereocenters. The fourth-order valence-corrected chi connectivity index (χ4v) is 10.1. The number of aromatic hydroxyl groups is 1. The number of hydrogen-bond acceptors (Lipinski definition) is 9. The molecule has 0 unspecified atom stereocenters. The van der Waals surface area contributed by atoms with E-state index in [0.717, 1.165) is 79.7 Å². The Balaban J connectivity index is 0.781. The van der Waals surface area contributed by atoms with Crippen molar-refractivity contribution >= 4 is 45.9 Å². The molecule has 14 heteroatoms. The number of para-hydroxylation sites is 1. The molecule has 0 saturated carbocycles. The van der Waals surface area contributed by atoms with Crippen LogP contribution < -0.4 is 20.9 Å². The Hall–Kier alpha value is -6.02. The van der Waals surface area contributed by atoms with E-state index >= 15 is 4.39 Å². The van der Waals surface area contributed by atoms with E-state index in [-0.39, 0.29) is 35.9 Å². The summed E-state index contributed by atoms with van der Waals surface area (Å²) in [7, 11) is 2.02. The van der Waals surface area contributed by atoms with E-state index in [9.17, 15) is 19.5 Å². The molecule has 4 saturated heterocycles. The van der Waals surface area contributed by atoms with Gasteiger partial charge in [-0.3, -0.25) is 19.8 Å². The van der Waals surface area contributed by atoms with Crippen molar-refractivity contribution in [1.82, 2.24) is 29.9 Å². The largest absolute Gasteiger partial charge is 0.507 e. The molecular weight excluding hydrogens is 774 g/mol. The minimum Gasteiger partial charge on any atom is -0.507 e. The summed E-state index contributed by atoms with van der Waals surface area (Å²) in [6.07, 6.45) is 6.95. The molecular formula is C47H54FN9O4. The molecule has 0 spiro atoms. The Morgan fingerprint density at radius 1 is 0.918 bits per heavy atom. The van der Waals surface area contributed by atoms with Gasteiger partial charge in [-0.1, -0.05) is 24.3 Å². The van der Waals surface area contributed by atoms with Crippen molar-refractivity contribution in [3.8, 4) is 17.0 Å². The van der Waals surface area contributed by atoms with Gasteiger partial charge in [-0.2, -0.15) is 0 Å². The number of anilines is 3. The van der Waals surface area contributed by atoms with Gasteiger partial charge in [0.1, 0.15) is 11.4 Å². The number of imide groups is 1. The van der Waals surface area contributed by atoms with Crippen LogP contribution in [-0.2, 0) is 11.8 Å². The second-order valence-corrected chi connectivity index (χ2v) is 17.5. The molecule has 4 N–H and O–H groups in total. The van der Waals surface area contributed by atoms with Gasteiger partial charge in [-0.15, -0.1) is 10.2 Å². The van der Waals surface area contributed by atoms with Crippen LogP contribution in [0.4, 0.5) is 26.4 Å². The molecule has 5 aromatic rings.